The minimum atomic E-state index is -1.75. The van der Waals surface area contributed by atoms with Gasteiger partial charge in [0.05, 0.1) is 5.92 Å². The molecule has 3 atom stereocenters. The van der Waals surface area contributed by atoms with E-state index in [0.717, 1.165) is 0 Å². The Kier molecular flexibility index (Phi) is 0.881. The molecule has 0 aliphatic heterocycles. The summed E-state index contributed by atoms with van der Waals surface area (Å²) < 4.78 is 13.0. The number of hydrogen-bond donors (Lipinski definition) is 0. The van der Waals surface area contributed by atoms with Crippen molar-refractivity contribution >= 4 is 12.1 Å². The number of carbonyl (C=O) groups is 2. The van der Waals surface area contributed by atoms with E-state index >= 15 is 0 Å². The van der Waals surface area contributed by atoms with Gasteiger partial charge in [-0.1, -0.05) is 0 Å². The summed E-state index contributed by atoms with van der Waals surface area (Å²) >= 11 is 0. The van der Waals surface area contributed by atoms with Crippen molar-refractivity contribution in [3.8, 4) is 0 Å². The molecule has 54 valence electrons. The van der Waals surface area contributed by atoms with Crippen LogP contribution in [-0.4, -0.2) is 17.7 Å². The van der Waals surface area contributed by atoms with Crippen molar-refractivity contribution in [2.75, 3.05) is 0 Å². The molecule has 0 saturated heterocycles. The minimum Gasteiger partial charge on any atom is -0.300 e. The summed E-state index contributed by atoms with van der Waals surface area (Å²) in [6, 6.07) is 0. The average Bonchev–Trinajstić information content (AvgIpc) is 2.28. The van der Waals surface area contributed by atoms with Gasteiger partial charge in [0, 0.05) is 12.3 Å². The van der Waals surface area contributed by atoms with E-state index in [4.69, 9.17) is 0 Å². The third kappa shape index (κ3) is 0.448. The topological polar surface area (TPSA) is 34.1 Å². The normalized spacial score (nSPS) is 50.7. The van der Waals surface area contributed by atoms with E-state index < -0.39 is 11.6 Å². The maximum absolute atomic E-state index is 13.0. The first-order valence-corrected chi connectivity index (χ1v) is 3.38. The number of Topliss-reactive ketones (excluding diaryl/α,β-unsaturated/α-hetero) is 1. The molecule has 0 heterocycles. The van der Waals surface area contributed by atoms with Crippen LogP contribution < -0.4 is 0 Å². The summed E-state index contributed by atoms with van der Waals surface area (Å²) in [6.45, 7) is 0. The summed E-state index contributed by atoms with van der Waals surface area (Å²) in [5.74, 6) is -0.901. The first-order valence-electron chi connectivity index (χ1n) is 3.38. The molecule has 2 aliphatic carbocycles. The lowest BCUT2D eigenvalue weighted by Gasteiger charge is -1.99. The number of rotatable bonds is 1. The fourth-order valence-electron chi connectivity index (χ4n) is 1.92. The molecule has 0 bridgehead atoms. The number of ketones is 1. The van der Waals surface area contributed by atoms with Crippen LogP contribution in [0, 0.1) is 11.8 Å². The van der Waals surface area contributed by atoms with Crippen molar-refractivity contribution in [2.45, 2.75) is 18.5 Å². The van der Waals surface area contributed by atoms with Gasteiger partial charge in [-0.25, -0.2) is 4.39 Å². The quantitative estimate of drug-likeness (QED) is 0.499. The lowest BCUT2D eigenvalue weighted by molar-refractivity contribution is -0.123. The summed E-state index contributed by atoms with van der Waals surface area (Å²) in [5.41, 5.74) is -1.75. The van der Waals surface area contributed by atoms with Crippen LogP contribution >= 0.6 is 0 Å². The maximum Gasteiger partial charge on any atom is 0.179 e. The second-order valence-corrected chi connectivity index (χ2v) is 3.03. The van der Waals surface area contributed by atoms with Crippen molar-refractivity contribution in [1.29, 1.82) is 0 Å². The fraction of sp³-hybridized carbons (Fsp3) is 0.714. The zero-order valence-corrected chi connectivity index (χ0v) is 5.34. The molecule has 0 N–H and O–H groups in total. The third-order valence-corrected chi connectivity index (χ3v) is 2.57. The standard InChI is InChI=1S/C7H7FO2/c8-7(3-9)4-1-2-5(10)6(4)7/h3-4,6H,1-2H2/t4?,6-,7-/m1/s1. The van der Waals surface area contributed by atoms with Gasteiger partial charge in [-0.3, -0.25) is 9.59 Å². The van der Waals surface area contributed by atoms with Gasteiger partial charge in [-0.05, 0) is 6.42 Å². The molecular weight excluding hydrogens is 135 g/mol. The van der Waals surface area contributed by atoms with Crippen LogP contribution in [0.25, 0.3) is 0 Å². The van der Waals surface area contributed by atoms with Crippen LogP contribution in [0.15, 0.2) is 0 Å². The number of fused-ring (bicyclic) bond motifs is 1. The molecule has 1 unspecified atom stereocenters. The predicted molar refractivity (Wildman–Crippen MR) is 31.1 cm³/mol. The van der Waals surface area contributed by atoms with Crippen molar-refractivity contribution in [3.05, 3.63) is 0 Å². The third-order valence-electron chi connectivity index (χ3n) is 2.57. The van der Waals surface area contributed by atoms with Crippen molar-refractivity contribution in [3.63, 3.8) is 0 Å². The Morgan fingerprint density at radius 2 is 2.40 bits per heavy atom. The minimum absolute atomic E-state index is 0.0698. The maximum atomic E-state index is 13.0. The molecule has 0 aromatic rings. The lowest BCUT2D eigenvalue weighted by Crippen LogP contribution is -2.15. The van der Waals surface area contributed by atoms with Gasteiger partial charge in [-0.2, -0.15) is 0 Å². The first-order chi connectivity index (χ1) is 4.70. The summed E-state index contributed by atoms with van der Waals surface area (Å²) in [7, 11) is 0. The highest BCUT2D eigenvalue weighted by atomic mass is 19.1. The monoisotopic (exact) mass is 142 g/mol. The van der Waals surface area contributed by atoms with Crippen molar-refractivity contribution < 1.29 is 14.0 Å². The average molecular weight is 142 g/mol. The Labute approximate surface area is 57.4 Å². The van der Waals surface area contributed by atoms with Gasteiger partial charge >= 0.3 is 0 Å². The van der Waals surface area contributed by atoms with Crippen LogP contribution in [0.5, 0.6) is 0 Å². The molecular formula is C7H7FO2. The molecule has 3 heteroatoms. The number of hydrogen-bond acceptors (Lipinski definition) is 2. The molecule has 0 radical (unpaired) electrons. The summed E-state index contributed by atoms with van der Waals surface area (Å²) in [6.07, 6.45) is 1.33. The van der Waals surface area contributed by atoms with Crippen molar-refractivity contribution in [2.24, 2.45) is 11.8 Å². The molecule has 2 nitrogen and oxygen atoms in total. The highest BCUT2D eigenvalue weighted by Crippen LogP contribution is 2.60. The van der Waals surface area contributed by atoms with E-state index in [1.54, 1.807) is 0 Å². The smallest absolute Gasteiger partial charge is 0.179 e. The molecule has 2 saturated carbocycles. The van der Waals surface area contributed by atoms with Crippen molar-refractivity contribution in [1.82, 2.24) is 0 Å². The van der Waals surface area contributed by atoms with E-state index in [-0.39, 0.29) is 11.7 Å². The van der Waals surface area contributed by atoms with Gasteiger partial charge < -0.3 is 0 Å². The van der Waals surface area contributed by atoms with Gasteiger partial charge in [-0.15, -0.1) is 0 Å². The predicted octanol–water partition coefficient (Wildman–Crippen LogP) is 0.502. The molecule has 2 fully saturated rings. The van der Waals surface area contributed by atoms with Crippen LogP contribution in [-0.2, 0) is 9.59 Å². The van der Waals surface area contributed by atoms with E-state index in [1.165, 1.54) is 0 Å². The highest BCUT2D eigenvalue weighted by molar-refractivity contribution is 5.95. The first kappa shape index (κ1) is 6.01. The fourth-order valence-corrected chi connectivity index (χ4v) is 1.92. The zero-order valence-electron chi connectivity index (χ0n) is 5.34. The number of halogens is 1. The number of alkyl halides is 1. The molecule has 0 aromatic carbocycles. The molecule has 0 aromatic heterocycles. The van der Waals surface area contributed by atoms with Crippen LogP contribution in [0.1, 0.15) is 12.8 Å². The molecule has 10 heavy (non-hydrogen) atoms. The summed E-state index contributed by atoms with van der Waals surface area (Å²) in [4.78, 5) is 20.9. The molecule has 2 aliphatic rings. The van der Waals surface area contributed by atoms with Gasteiger partial charge in [0.25, 0.3) is 0 Å². The molecule has 0 spiro atoms. The lowest BCUT2D eigenvalue weighted by atomic mass is 10.1. The molecule has 0 amide bonds. The van der Waals surface area contributed by atoms with E-state index in [2.05, 4.69) is 0 Å². The molecule has 2 rings (SSSR count). The Balaban J connectivity index is 2.25. The van der Waals surface area contributed by atoms with E-state index in [1.807, 2.05) is 0 Å². The number of aldehydes is 1. The van der Waals surface area contributed by atoms with Gasteiger partial charge in [0.2, 0.25) is 0 Å². The highest BCUT2D eigenvalue weighted by Gasteiger charge is 2.72. The number of carbonyl (C=O) groups excluding carboxylic acids is 2. The second-order valence-electron chi connectivity index (χ2n) is 3.03. The van der Waals surface area contributed by atoms with Crippen LogP contribution in [0.2, 0.25) is 0 Å². The zero-order chi connectivity index (χ0) is 7.35. The Morgan fingerprint density at radius 1 is 1.70 bits per heavy atom. The van der Waals surface area contributed by atoms with Gasteiger partial charge in [0.15, 0.2) is 12.0 Å². The largest absolute Gasteiger partial charge is 0.300 e. The Hall–Kier alpha value is -0.730. The van der Waals surface area contributed by atoms with E-state index in [9.17, 15) is 14.0 Å². The van der Waals surface area contributed by atoms with Crippen LogP contribution in [0.3, 0.4) is 0 Å². The Morgan fingerprint density at radius 3 is 2.70 bits per heavy atom. The van der Waals surface area contributed by atoms with E-state index in [0.29, 0.717) is 19.1 Å². The van der Waals surface area contributed by atoms with Crippen LogP contribution in [0.4, 0.5) is 4.39 Å². The SMILES string of the molecule is O=C[C@@]1(F)C2CCC(=O)[C@@H]21. The second kappa shape index (κ2) is 1.47. The Bertz CT molecular complexity index is 214. The summed E-state index contributed by atoms with van der Waals surface area (Å²) in [5, 5.41) is 0. The van der Waals surface area contributed by atoms with Gasteiger partial charge in [0.1, 0.15) is 5.78 Å².